The number of nitrogens with one attached hydrogen (secondary N) is 1. The summed E-state index contributed by atoms with van der Waals surface area (Å²) in [6, 6.07) is 15.8. The van der Waals surface area contributed by atoms with Crippen molar-refractivity contribution in [2.24, 2.45) is 0 Å². The van der Waals surface area contributed by atoms with Gasteiger partial charge in [0.25, 0.3) is 0 Å². The van der Waals surface area contributed by atoms with Crippen LogP contribution in [-0.2, 0) is 4.79 Å². The van der Waals surface area contributed by atoms with Gasteiger partial charge in [0.15, 0.2) is 5.16 Å². The van der Waals surface area contributed by atoms with E-state index in [1.165, 1.54) is 11.8 Å². The van der Waals surface area contributed by atoms with E-state index in [2.05, 4.69) is 14.9 Å². The highest BCUT2D eigenvalue weighted by Crippen LogP contribution is 2.28. The Morgan fingerprint density at radius 2 is 1.96 bits per heavy atom. The predicted octanol–water partition coefficient (Wildman–Crippen LogP) is 3.26. The van der Waals surface area contributed by atoms with Crippen LogP contribution in [0.2, 0.25) is 0 Å². The monoisotopic (exact) mass is 341 g/mol. The molecule has 1 amide bonds. The topological polar surface area (TPSA) is 56.2 Å². The van der Waals surface area contributed by atoms with E-state index in [1.807, 2.05) is 55.5 Å². The van der Waals surface area contributed by atoms with E-state index in [9.17, 15) is 4.79 Å². The summed E-state index contributed by atoms with van der Waals surface area (Å²) in [5.41, 5.74) is 2.91. The van der Waals surface area contributed by atoms with Crippen LogP contribution in [0, 0.1) is 0 Å². The molecule has 0 aliphatic heterocycles. The van der Waals surface area contributed by atoms with Crippen LogP contribution in [0.15, 0.2) is 53.7 Å². The lowest BCUT2D eigenvalue weighted by Gasteiger charge is -2.10. The van der Waals surface area contributed by atoms with Gasteiger partial charge in [0, 0.05) is 12.2 Å². The van der Waals surface area contributed by atoms with Gasteiger partial charge in [0.1, 0.15) is 5.75 Å². The van der Waals surface area contributed by atoms with Gasteiger partial charge in [0.05, 0.1) is 23.9 Å². The number of carbonyl (C=O) groups excluding carboxylic acids is 1. The third-order valence-electron chi connectivity index (χ3n) is 3.57. The van der Waals surface area contributed by atoms with Gasteiger partial charge in [-0.2, -0.15) is 0 Å². The summed E-state index contributed by atoms with van der Waals surface area (Å²) in [6.07, 6.45) is 0. The number of hydrogen-bond donors (Lipinski definition) is 1. The Bertz CT molecular complexity index is 843. The minimum atomic E-state index is 0.0100. The van der Waals surface area contributed by atoms with Crippen molar-refractivity contribution in [2.45, 2.75) is 12.1 Å². The summed E-state index contributed by atoms with van der Waals surface area (Å²) in [4.78, 5) is 16.5. The first kappa shape index (κ1) is 16.4. The van der Waals surface area contributed by atoms with Gasteiger partial charge >= 0.3 is 0 Å². The van der Waals surface area contributed by atoms with Gasteiger partial charge in [-0.05, 0) is 43.3 Å². The van der Waals surface area contributed by atoms with Crippen molar-refractivity contribution in [1.82, 2.24) is 14.9 Å². The molecule has 6 heteroatoms. The maximum atomic E-state index is 11.8. The number of imidazole rings is 1. The minimum Gasteiger partial charge on any atom is -0.497 e. The number of rotatable bonds is 6. The molecule has 5 nitrogen and oxygen atoms in total. The maximum Gasteiger partial charge on any atom is 0.230 e. The molecule has 124 valence electrons. The average molecular weight is 341 g/mol. The molecule has 1 heterocycles. The molecule has 0 atom stereocenters. The first-order chi connectivity index (χ1) is 11.7. The molecule has 0 radical (unpaired) electrons. The standard InChI is InChI=1S/C18H19N3O2S/c1-3-19-17(22)12-24-18-20-15-6-4-5-7-16(15)21(18)13-8-10-14(23-2)11-9-13/h4-11H,3,12H2,1-2H3,(H,19,22). The molecular weight excluding hydrogens is 322 g/mol. The fraction of sp³-hybridized carbons (Fsp3) is 0.222. The van der Waals surface area contributed by atoms with Gasteiger partial charge in [-0.1, -0.05) is 23.9 Å². The fourth-order valence-corrected chi connectivity index (χ4v) is 3.32. The zero-order chi connectivity index (χ0) is 16.9. The van der Waals surface area contributed by atoms with Crippen molar-refractivity contribution >= 4 is 28.7 Å². The highest BCUT2D eigenvalue weighted by Gasteiger charge is 2.14. The molecule has 1 N–H and O–H groups in total. The lowest BCUT2D eigenvalue weighted by molar-refractivity contribution is -0.118. The molecule has 3 rings (SSSR count). The van der Waals surface area contributed by atoms with Crippen molar-refractivity contribution in [1.29, 1.82) is 0 Å². The molecule has 0 aliphatic rings. The fourth-order valence-electron chi connectivity index (χ4n) is 2.46. The summed E-state index contributed by atoms with van der Waals surface area (Å²) in [5.74, 6) is 1.16. The van der Waals surface area contributed by atoms with E-state index in [-0.39, 0.29) is 5.91 Å². The molecule has 0 unspecified atom stereocenters. The number of hydrogen-bond acceptors (Lipinski definition) is 4. The van der Waals surface area contributed by atoms with Crippen molar-refractivity contribution in [3.8, 4) is 11.4 Å². The predicted molar refractivity (Wildman–Crippen MR) is 97.0 cm³/mol. The lowest BCUT2D eigenvalue weighted by Crippen LogP contribution is -2.24. The smallest absolute Gasteiger partial charge is 0.230 e. The normalized spacial score (nSPS) is 10.8. The average Bonchev–Trinajstić information content (AvgIpc) is 2.99. The summed E-state index contributed by atoms with van der Waals surface area (Å²) in [6.45, 7) is 2.55. The molecule has 0 saturated heterocycles. The molecule has 3 aromatic rings. The number of amides is 1. The van der Waals surface area contributed by atoms with Crippen LogP contribution >= 0.6 is 11.8 Å². The van der Waals surface area contributed by atoms with Gasteiger partial charge in [-0.15, -0.1) is 0 Å². The number of fused-ring (bicyclic) bond motifs is 1. The second kappa shape index (κ2) is 7.40. The Balaban J connectivity index is 1.99. The van der Waals surface area contributed by atoms with E-state index in [0.717, 1.165) is 27.6 Å². The zero-order valence-corrected chi connectivity index (χ0v) is 14.5. The summed E-state index contributed by atoms with van der Waals surface area (Å²) in [7, 11) is 1.65. The highest BCUT2D eigenvalue weighted by atomic mass is 32.2. The molecule has 1 aromatic heterocycles. The Labute approximate surface area is 145 Å². The van der Waals surface area contributed by atoms with Crippen LogP contribution in [0.3, 0.4) is 0 Å². The van der Waals surface area contributed by atoms with E-state index >= 15 is 0 Å². The summed E-state index contributed by atoms with van der Waals surface area (Å²) in [5, 5.41) is 3.61. The summed E-state index contributed by atoms with van der Waals surface area (Å²) >= 11 is 1.43. The van der Waals surface area contributed by atoms with E-state index in [0.29, 0.717) is 12.3 Å². The van der Waals surface area contributed by atoms with Crippen molar-refractivity contribution in [3.05, 3.63) is 48.5 Å². The molecule has 0 fully saturated rings. The van der Waals surface area contributed by atoms with Crippen LogP contribution < -0.4 is 10.1 Å². The molecule has 0 saturated carbocycles. The van der Waals surface area contributed by atoms with Crippen LogP contribution in [0.5, 0.6) is 5.75 Å². The lowest BCUT2D eigenvalue weighted by atomic mass is 10.2. The molecule has 0 spiro atoms. The molecule has 0 bridgehead atoms. The van der Waals surface area contributed by atoms with E-state index < -0.39 is 0 Å². The van der Waals surface area contributed by atoms with Crippen molar-refractivity contribution in [3.63, 3.8) is 0 Å². The second-order valence-electron chi connectivity index (χ2n) is 5.16. The largest absolute Gasteiger partial charge is 0.497 e. The molecule has 0 aliphatic carbocycles. The van der Waals surface area contributed by atoms with Crippen LogP contribution in [0.1, 0.15) is 6.92 Å². The zero-order valence-electron chi connectivity index (χ0n) is 13.7. The third kappa shape index (κ3) is 3.38. The Morgan fingerprint density at radius 1 is 1.21 bits per heavy atom. The highest BCUT2D eigenvalue weighted by molar-refractivity contribution is 7.99. The van der Waals surface area contributed by atoms with Gasteiger partial charge < -0.3 is 10.1 Å². The minimum absolute atomic E-state index is 0.0100. The van der Waals surface area contributed by atoms with E-state index in [4.69, 9.17) is 4.74 Å². The molecule has 24 heavy (non-hydrogen) atoms. The number of benzene rings is 2. The van der Waals surface area contributed by atoms with Crippen LogP contribution in [0.4, 0.5) is 0 Å². The second-order valence-corrected chi connectivity index (χ2v) is 6.10. The van der Waals surface area contributed by atoms with Gasteiger partial charge in [-0.25, -0.2) is 4.98 Å². The molecular formula is C18H19N3O2S. The Hall–Kier alpha value is -2.47. The third-order valence-corrected chi connectivity index (χ3v) is 4.51. The number of para-hydroxylation sites is 2. The number of aromatic nitrogens is 2. The van der Waals surface area contributed by atoms with Crippen LogP contribution in [-0.4, -0.2) is 34.9 Å². The SMILES string of the molecule is CCNC(=O)CSc1nc2ccccc2n1-c1ccc(OC)cc1. The Morgan fingerprint density at radius 3 is 2.67 bits per heavy atom. The van der Waals surface area contributed by atoms with Gasteiger partial charge in [-0.3, -0.25) is 9.36 Å². The number of methoxy groups -OCH3 is 1. The van der Waals surface area contributed by atoms with Crippen LogP contribution in [0.25, 0.3) is 16.7 Å². The number of thioether (sulfide) groups is 1. The Kier molecular flexibility index (Phi) is 5.05. The molecule has 2 aromatic carbocycles. The number of nitrogens with zero attached hydrogens (tertiary/aromatic N) is 2. The van der Waals surface area contributed by atoms with Crippen molar-refractivity contribution < 1.29 is 9.53 Å². The maximum absolute atomic E-state index is 11.8. The van der Waals surface area contributed by atoms with Gasteiger partial charge in [0.2, 0.25) is 5.91 Å². The summed E-state index contributed by atoms with van der Waals surface area (Å²) < 4.78 is 7.30. The first-order valence-electron chi connectivity index (χ1n) is 7.74. The number of ether oxygens (including phenoxy) is 1. The quantitative estimate of drug-likeness (QED) is 0.699. The first-order valence-corrected chi connectivity index (χ1v) is 8.73. The van der Waals surface area contributed by atoms with E-state index in [1.54, 1.807) is 7.11 Å². The number of carbonyl (C=O) groups is 1. The van der Waals surface area contributed by atoms with Crippen molar-refractivity contribution in [2.75, 3.05) is 19.4 Å².